The number of amides is 2. The Balaban J connectivity index is 1.00. The van der Waals surface area contributed by atoms with Crippen molar-refractivity contribution in [1.29, 1.82) is 0 Å². The van der Waals surface area contributed by atoms with Crippen LogP contribution in [0.2, 0.25) is 0 Å². The molecule has 8 heteroatoms. The molecular weight excluding hydrogens is 845 g/mol. The molecule has 0 aliphatic carbocycles. The Kier molecular flexibility index (Phi) is 14.8. The molecule has 0 bridgehead atoms. The van der Waals surface area contributed by atoms with Gasteiger partial charge in [0.2, 0.25) is 0 Å². The predicted molar refractivity (Wildman–Crippen MR) is 280 cm³/mol. The number of fused-ring (bicyclic) bond motifs is 4. The summed E-state index contributed by atoms with van der Waals surface area (Å²) >= 11 is 0. The maximum atomic E-state index is 13.8. The highest BCUT2D eigenvalue weighted by Gasteiger charge is 2.28. The number of benzene rings is 8. The first-order chi connectivity index (χ1) is 32.9. The van der Waals surface area contributed by atoms with Crippen molar-refractivity contribution in [3.8, 4) is 45.3 Å². The Morgan fingerprint density at radius 1 is 0.353 bits per heavy atom. The van der Waals surface area contributed by atoms with Crippen molar-refractivity contribution >= 4 is 55.3 Å². The van der Waals surface area contributed by atoms with E-state index in [1.807, 2.05) is 140 Å². The third-order valence-corrected chi connectivity index (χ3v) is 12.7. The first kappa shape index (κ1) is 47.4. The molecule has 8 aromatic carbocycles. The molecule has 0 saturated carbocycles. The molecule has 8 nitrogen and oxygen atoms in total. The summed E-state index contributed by atoms with van der Waals surface area (Å²) in [5, 5.41) is 8.25. The van der Waals surface area contributed by atoms with E-state index in [-0.39, 0.29) is 36.4 Å². The lowest BCUT2D eigenvalue weighted by Crippen LogP contribution is -2.43. The van der Waals surface area contributed by atoms with Crippen LogP contribution >= 0.6 is 0 Å². The van der Waals surface area contributed by atoms with E-state index in [9.17, 15) is 9.59 Å². The molecule has 0 fully saturated rings. The molecule has 2 amide bonds. The van der Waals surface area contributed by atoms with Crippen molar-refractivity contribution in [2.45, 2.75) is 105 Å². The van der Waals surface area contributed by atoms with E-state index in [0.717, 1.165) is 103 Å². The predicted octanol–water partition coefficient (Wildman–Crippen LogP) is 15.9. The fraction of sp³-hybridized carbons (Fsp3) is 0.300. The third kappa shape index (κ3) is 10.1. The maximum absolute atomic E-state index is 13.8. The van der Waals surface area contributed by atoms with Crippen LogP contribution in [-0.2, 0) is 0 Å². The fourth-order valence-electron chi connectivity index (χ4n) is 9.70. The van der Waals surface area contributed by atoms with Crippen LogP contribution in [0.5, 0.6) is 23.0 Å². The lowest BCUT2D eigenvalue weighted by atomic mass is 9.92. The standard InChI is InChI=1S/C60H64N2O6/c1-39(2)61(40(3)4)59(63)67-53-35-31-45-23-13-17-27-49(45)57(53)55-47-25-15-11-21-43(47)29-33-51(55)65-37-19-9-10-20-38-66-52-34-30-44-22-12-16-26-48(44)56(52)58-50-28-18-14-24-46(50)32-36-54(58)68-60(64)62(41(5)6)42(7)8/h11-18,21-36,39-42H,9-10,19-20,37-38H2,1-8H3. The average Bonchev–Trinajstić information content (AvgIpc) is 3.31. The number of unbranched alkanes of at least 4 members (excludes halogenated alkanes) is 3. The van der Waals surface area contributed by atoms with Crippen molar-refractivity contribution < 1.29 is 28.5 Å². The van der Waals surface area contributed by atoms with Crippen LogP contribution in [0.4, 0.5) is 9.59 Å². The number of rotatable bonds is 17. The number of carbonyl (C=O) groups is 2. The van der Waals surface area contributed by atoms with Crippen LogP contribution in [0.3, 0.4) is 0 Å². The van der Waals surface area contributed by atoms with Gasteiger partial charge in [-0.15, -0.1) is 0 Å². The van der Waals surface area contributed by atoms with Gasteiger partial charge >= 0.3 is 12.2 Å². The van der Waals surface area contributed by atoms with Crippen molar-refractivity contribution in [3.05, 3.63) is 146 Å². The summed E-state index contributed by atoms with van der Waals surface area (Å²) in [6.45, 7) is 17.1. The maximum Gasteiger partial charge on any atom is 0.415 e. The molecule has 0 atom stereocenters. The molecule has 68 heavy (non-hydrogen) atoms. The quantitative estimate of drug-likeness (QED) is 0.0847. The first-order valence-corrected chi connectivity index (χ1v) is 24.3. The Bertz CT molecular complexity index is 2840. The van der Waals surface area contributed by atoms with E-state index in [1.165, 1.54) is 0 Å². The summed E-state index contributed by atoms with van der Waals surface area (Å²) in [6, 6.07) is 49.0. The largest absolute Gasteiger partial charge is 0.493 e. The van der Waals surface area contributed by atoms with E-state index in [1.54, 1.807) is 9.80 Å². The van der Waals surface area contributed by atoms with E-state index in [2.05, 4.69) is 60.7 Å². The van der Waals surface area contributed by atoms with Crippen molar-refractivity contribution in [2.75, 3.05) is 13.2 Å². The molecule has 0 radical (unpaired) electrons. The van der Waals surface area contributed by atoms with Crippen molar-refractivity contribution in [2.24, 2.45) is 0 Å². The number of ether oxygens (including phenoxy) is 4. The summed E-state index contributed by atoms with van der Waals surface area (Å²) in [6.07, 6.45) is 2.82. The molecule has 0 saturated heterocycles. The molecule has 0 heterocycles. The zero-order chi connectivity index (χ0) is 47.9. The summed E-state index contributed by atoms with van der Waals surface area (Å²) in [5.41, 5.74) is 3.49. The number of hydrogen-bond acceptors (Lipinski definition) is 6. The zero-order valence-electron chi connectivity index (χ0n) is 40.8. The normalized spacial score (nSPS) is 11.6. The van der Waals surface area contributed by atoms with E-state index in [4.69, 9.17) is 18.9 Å². The lowest BCUT2D eigenvalue weighted by molar-refractivity contribution is 0.122. The van der Waals surface area contributed by atoms with Gasteiger partial charge in [-0.25, -0.2) is 9.59 Å². The monoisotopic (exact) mass is 908 g/mol. The minimum Gasteiger partial charge on any atom is -0.493 e. The van der Waals surface area contributed by atoms with Gasteiger partial charge in [0.25, 0.3) is 0 Å². The Hall–Kier alpha value is -7.06. The van der Waals surface area contributed by atoms with Crippen LogP contribution in [0.1, 0.15) is 81.1 Å². The van der Waals surface area contributed by atoms with Gasteiger partial charge in [0, 0.05) is 46.4 Å². The van der Waals surface area contributed by atoms with Gasteiger partial charge in [0.05, 0.1) is 13.2 Å². The second-order valence-corrected chi connectivity index (χ2v) is 18.7. The van der Waals surface area contributed by atoms with Gasteiger partial charge in [-0.1, -0.05) is 121 Å². The van der Waals surface area contributed by atoms with E-state index < -0.39 is 0 Å². The number of nitrogens with zero attached hydrogens (tertiary/aromatic N) is 2. The third-order valence-electron chi connectivity index (χ3n) is 12.7. The second-order valence-electron chi connectivity index (χ2n) is 18.7. The molecule has 0 spiro atoms. The molecule has 0 N–H and O–H groups in total. The summed E-state index contributed by atoms with van der Waals surface area (Å²) < 4.78 is 26.1. The van der Waals surface area contributed by atoms with Gasteiger partial charge in [0.1, 0.15) is 23.0 Å². The molecule has 0 unspecified atom stereocenters. The summed E-state index contributed by atoms with van der Waals surface area (Å²) in [5.74, 6) is 2.48. The van der Waals surface area contributed by atoms with Gasteiger partial charge < -0.3 is 28.7 Å². The van der Waals surface area contributed by atoms with Crippen LogP contribution in [0, 0.1) is 0 Å². The minimum absolute atomic E-state index is 0.0297. The van der Waals surface area contributed by atoms with Crippen molar-refractivity contribution in [3.63, 3.8) is 0 Å². The fourth-order valence-corrected chi connectivity index (χ4v) is 9.70. The number of hydrogen-bond donors (Lipinski definition) is 0. The molecule has 8 rings (SSSR count). The van der Waals surface area contributed by atoms with Crippen molar-refractivity contribution in [1.82, 2.24) is 9.80 Å². The molecule has 0 aliphatic rings. The highest BCUT2D eigenvalue weighted by Crippen LogP contribution is 2.47. The molecule has 0 aromatic heterocycles. The average molecular weight is 909 g/mol. The zero-order valence-corrected chi connectivity index (χ0v) is 40.8. The van der Waals surface area contributed by atoms with Gasteiger partial charge in [0.15, 0.2) is 0 Å². The number of carbonyl (C=O) groups excluding carboxylic acids is 2. The highest BCUT2D eigenvalue weighted by molar-refractivity contribution is 6.11. The summed E-state index contributed by atoms with van der Waals surface area (Å²) in [4.78, 5) is 31.1. The van der Waals surface area contributed by atoms with Crippen LogP contribution in [0.25, 0.3) is 65.3 Å². The molecule has 8 aromatic rings. The SMILES string of the molecule is CC(C)N(C(=O)Oc1ccc2ccccc2c1-c1c(OCCCCCCOc2ccc3ccccc3c2-c2c(OC(=O)N(C(C)C)C(C)C)ccc3ccccc23)ccc2ccccc12)C(C)C. The van der Waals surface area contributed by atoms with E-state index in [0.29, 0.717) is 24.7 Å². The van der Waals surface area contributed by atoms with Gasteiger partial charge in [-0.05, 0) is 148 Å². The highest BCUT2D eigenvalue weighted by atomic mass is 16.6. The van der Waals surface area contributed by atoms with Gasteiger partial charge in [-0.3, -0.25) is 0 Å². The first-order valence-electron chi connectivity index (χ1n) is 24.3. The smallest absolute Gasteiger partial charge is 0.415 e. The Labute approximate surface area is 401 Å². The van der Waals surface area contributed by atoms with E-state index >= 15 is 0 Å². The minimum atomic E-state index is -0.380. The molecule has 350 valence electrons. The topological polar surface area (TPSA) is 77.5 Å². The summed E-state index contributed by atoms with van der Waals surface area (Å²) in [7, 11) is 0. The molecular formula is C60H64N2O6. The van der Waals surface area contributed by atoms with Crippen LogP contribution in [-0.4, -0.2) is 59.4 Å². The van der Waals surface area contributed by atoms with Crippen LogP contribution in [0.15, 0.2) is 146 Å². The Morgan fingerprint density at radius 3 is 0.912 bits per heavy atom. The Morgan fingerprint density at radius 2 is 0.618 bits per heavy atom. The molecule has 0 aliphatic heterocycles. The van der Waals surface area contributed by atoms with Crippen LogP contribution < -0.4 is 18.9 Å². The lowest BCUT2D eigenvalue weighted by Gasteiger charge is -2.30. The van der Waals surface area contributed by atoms with Gasteiger partial charge in [-0.2, -0.15) is 0 Å². The second kappa shape index (κ2) is 21.3.